The maximum Gasteiger partial charge on any atom is 0.226 e. The van der Waals surface area contributed by atoms with Gasteiger partial charge in [0.05, 0.1) is 5.41 Å². The first kappa shape index (κ1) is 18.7. The van der Waals surface area contributed by atoms with Gasteiger partial charge in [0, 0.05) is 12.1 Å². The van der Waals surface area contributed by atoms with Crippen molar-refractivity contribution in [1.82, 2.24) is 5.32 Å². The second kappa shape index (κ2) is 6.86. The third kappa shape index (κ3) is 2.93. The molecule has 2 atom stereocenters. The molecule has 0 saturated heterocycles. The van der Waals surface area contributed by atoms with E-state index in [1.165, 1.54) is 24.8 Å². The summed E-state index contributed by atoms with van der Waals surface area (Å²) in [7, 11) is 0. The highest BCUT2D eigenvalue weighted by atomic mass is 16.2. The molecule has 1 aromatic rings. The quantitative estimate of drug-likeness (QED) is 0.805. The van der Waals surface area contributed by atoms with Gasteiger partial charge in [0.25, 0.3) is 0 Å². The normalized spacial score (nSPS) is 44.4. The number of carbonyl (C=O) groups excluding carboxylic acids is 1. The third-order valence-corrected chi connectivity index (χ3v) is 8.95. The zero-order valence-electron chi connectivity index (χ0n) is 17.3. The zero-order valence-corrected chi connectivity index (χ0v) is 17.3. The Balaban J connectivity index is 1.42. The van der Waals surface area contributed by atoms with Crippen LogP contribution < -0.4 is 11.1 Å². The van der Waals surface area contributed by atoms with E-state index in [1.807, 2.05) is 0 Å². The third-order valence-electron chi connectivity index (χ3n) is 8.95. The predicted octanol–water partition coefficient (Wildman–Crippen LogP) is 4.55. The molecule has 0 spiro atoms. The van der Waals surface area contributed by atoms with Crippen molar-refractivity contribution in [2.75, 3.05) is 0 Å². The summed E-state index contributed by atoms with van der Waals surface area (Å²) in [5.41, 5.74) is 7.65. The summed E-state index contributed by atoms with van der Waals surface area (Å²) in [6, 6.07) is 11.8. The Hall–Kier alpha value is -1.35. The van der Waals surface area contributed by atoms with E-state index < -0.39 is 0 Å². The zero-order chi connectivity index (χ0) is 19.4. The first-order chi connectivity index (χ1) is 13.5. The summed E-state index contributed by atoms with van der Waals surface area (Å²) in [6.45, 7) is 2.36. The Morgan fingerprint density at radius 3 is 2.29 bits per heavy atom. The molecular formula is C25H36N2O. The molecule has 0 aliphatic heterocycles. The van der Waals surface area contributed by atoms with Gasteiger partial charge < -0.3 is 11.1 Å². The first-order valence-electron chi connectivity index (χ1n) is 11.7. The maximum atomic E-state index is 13.7. The number of nitrogens with two attached hydrogens (primary N) is 1. The van der Waals surface area contributed by atoms with E-state index in [2.05, 4.69) is 42.6 Å². The fraction of sp³-hybridized carbons (Fsp3) is 0.720. The van der Waals surface area contributed by atoms with E-state index in [4.69, 9.17) is 5.73 Å². The van der Waals surface area contributed by atoms with Gasteiger partial charge in [0.1, 0.15) is 0 Å². The molecule has 3 heteroatoms. The molecule has 5 fully saturated rings. The van der Waals surface area contributed by atoms with E-state index in [-0.39, 0.29) is 10.8 Å². The summed E-state index contributed by atoms with van der Waals surface area (Å²) >= 11 is 0. The lowest BCUT2D eigenvalue weighted by atomic mass is 9.39. The Morgan fingerprint density at radius 1 is 1.04 bits per heavy atom. The van der Waals surface area contributed by atoms with E-state index in [9.17, 15) is 4.79 Å². The molecule has 5 saturated carbocycles. The van der Waals surface area contributed by atoms with Crippen molar-refractivity contribution in [3.05, 3.63) is 35.9 Å². The van der Waals surface area contributed by atoms with Crippen LogP contribution >= 0.6 is 0 Å². The SMILES string of the molecule is CCC1C2CC3(C(=O)N[C@H]4CC[C@H](N)CC4)CC1CC(c1ccccc1)(C2)C3. The van der Waals surface area contributed by atoms with Crippen LogP contribution in [0.4, 0.5) is 0 Å². The van der Waals surface area contributed by atoms with Crippen molar-refractivity contribution >= 4 is 5.91 Å². The van der Waals surface area contributed by atoms with Crippen LogP contribution in [0.2, 0.25) is 0 Å². The molecular weight excluding hydrogens is 344 g/mol. The van der Waals surface area contributed by atoms with Gasteiger partial charge in [-0.25, -0.2) is 0 Å². The van der Waals surface area contributed by atoms with Crippen LogP contribution in [0.15, 0.2) is 30.3 Å². The minimum atomic E-state index is -0.132. The number of carbonyl (C=O) groups is 1. The Kier molecular flexibility index (Phi) is 4.58. The monoisotopic (exact) mass is 380 g/mol. The van der Waals surface area contributed by atoms with Gasteiger partial charge in [-0.3, -0.25) is 4.79 Å². The summed E-state index contributed by atoms with van der Waals surface area (Å²) in [5, 5.41) is 3.50. The van der Waals surface area contributed by atoms with Gasteiger partial charge in [0.2, 0.25) is 5.91 Å². The molecule has 1 amide bonds. The number of hydrogen-bond donors (Lipinski definition) is 2. The lowest BCUT2D eigenvalue weighted by Gasteiger charge is -2.64. The summed E-state index contributed by atoms with van der Waals surface area (Å²) < 4.78 is 0. The smallest absolute Gasteiger partial charge is 0.226 e. The first-order valence-corrected chi connectivity index (χ1v) is 11.7. The van der Waals surface area contributed by atoms with Gasteiger partial charge in [-0.2, -0.15) is 0 Å². The van der Waals surface area contributed by atoms with Crippen molar-refractivity contribution in [2.24, 2.45) is 28.9 Å². The van der Waals surface area contributed by atoms with Crippen molar-refractivity contribution in [3.8, 4) is 0 Å². The molecule has 0 heterocycles. The molecule has 1 aromatic carbocycles. The van der Waals surface area contributed by atoms with Crippen molar-refractivity contribution in [1.29, 1.82) is 0 Å². The van der Waals surface area contributed by atoms with Gasteiger partial charge in [0.15, 0.2) is 0 Å². The lowest BCUT2D eigenvalue weighted by Crippen LogP contribution is -2.62. The Morgan fingerprint density at radius 2 is 1.68 bits per heavy atom. The number of hydrogen-bond acceptors (Lipinski definition) is 2. The minimum absolute atomic E-state index is 0.132. The molecule has 6 rings (SSSR count). The van der Waals surface area contributed by atoms with E-state index in [0.717, 1.165) is 62.7 Å². The standard InChI is InChI=1S/C25H36N2O/c1-2-22-17-12-24(19-6-4-3-5-7-19)13-18(22)15-25(14-17,16-24)23(28)27-21-10-8-20(26)9-11-21/h3-7,17-18,20-22H,2,8-16,26H2,1H3,(H,27,28)/t17?,18?,20-,21-,22?,24?,25?. The molecule has 5 aliphatic carbocycles. The average molecular weight is 381 g/mol. The number of nitrogens with one attached hydrogen (secondary N) is 1. The maximum absolute atomic E-state index is 13.7. The predicted molar refractivity (Wildman–Crippen MR) is 113 cm³/mol. The Labute approximate surface area is 169 Å². The van der Waals surface area contributed by atoms with Crippen LogP contribution in [0, 0.1) is 23.2 Å². The highest BCUT2D eigenvalue weighted by Crippen LogP contribution is 2.68. The van der Waals surface area contributed by atoms with Crippen LogP contribution in [-0.4, -0.2) is 18.0 Å². The van der Waals surface area contributed by atoms with Crippen molar-refractivity contribution < 1.29 is 4.79 Å². The Bertz CT molecular complexity index is 705. The van der Waals surface area contributed by atoms with Crippen molar-refractivity contribution in [3.63, 3.8) is 0 Å². The molecule has 2 unspecified atom stereocenters. The second-order valence-corrected chi connectivity index (χ2v) is 10.6. The van der Waals surface area contributed by atoms with E-state index in [0.29, 0.717) is 18.0 Å². The number of amides is 1. The van der Waals surface area contributed by atoms with Crippen molar-refractivity contribution in [2.45, 2.75) is 88.6 Å². The molecule has 28 heavy (non-hydrogen) atoms. The fourth-order valence-corrected chi connectivity index (χ4v) is 7.91. The highest BCUT2D eigenvalue weighted by molar-refractivity contribution is 5.84. The molecule has 3 N–H and O–H groups in total. The topological polar surface area (TPSA) is 55.1 Å². The van der Waals surface area contributed by atoms with Crippen LogP contribution in [0.25, 0.3) is 0 Å². The molecule has 4 bridgehead atoms. The molecule has 5 aliphatic rings. The van der Waals surface area contributed by atoms with Crippen LogP contribution in [0.3, 0.4) is 0 Å². The van der Waals surface area contributed by atoms with E-state index in [1.54, 1.807) is 0 Å². The summed E-state index contributed by atoms with van der Waals surface area (Å²) in [6.07, 6.45) is 11.4. The number of benzene rings is 1. The molecule has 0 radical (unpaired) electrons. The largest absolute Gasteiger partial charge is 0.353 e. The second-order valence-electron chi connectivity index (χ2n) is 10.6. The molecule has 0 aromatic heterocycles. The average Bonchev–Trinajstić information content (AvgIpc) is 2.70. The minimum Gasteiger partial charge on any atom is -0.353 e. The van der Waals surface area contributed by atoms with Crippen LogP contribution in [0.5, 0.6) is 0 Å². The summed E-state index contributed by atoms with van der Waals surface area (Å²) in [5.74, 6) is 2.64. The van der Waals surface area contributed by atoms with Gasteiger partial charge in [-0.1, -0.05) is 43.7 Å². The van der Waals surface area contributed by atoms with Gasteiger partial charge >= 0.3 is 0 Å². The lowest BCUT2D eigenvalue weighted by molar-refractivity contribution is -0.158. The number of rotatable bonds is 4. The fourth-order valence-electron chi connectivity index (χ4n) is 7.91. The summed E-state index contributed by atoms with van der Waals surface area (Å²) in [4.78, 5) is 13.7. The highest BCUT2D eigenvalue weighted by Gasteiger charge is 2.63. The molecule has 3 nitrogen and oxygen atoms in total. The van der Waals surface area contributed by atoms with Gasteiger partial charge in [-0.15, -0.1) is 0 Å². The molecule has 152 valence electrons. The van der Waals surface area contributed by atoms with E-state index >= 15 is 0 Å². The van der Waals surface area contributed by atoms with Gasteiger partial charge in [-0.05, 0) is 86.5 Å². The van der Waals surface area contributed by atoms with Crippen LogP contribution in [0.1, 0.15) is 76.7 Å². The van der Waals surface area contributed by atoms with Crippen LogP contribution in [-0.2, 0) is 10.2 Å².